The minimum absolute atomic E-state index is 0.0758. The van der Waals surface area contributed by atoms with Crippen LogP contribution in [0.25, 0.3) is 0 Å². The van der Waals surface area contributed by atoms with E-state index in [-0.39, 0.29) is 25.3 Å². The highest BCUT2D eigenvalue weighted by atomic mass is 32.2. The summed E-state index contributed by atoms with van der Waals surface area (Å²) in [6, 6.07) is 9.36. The van der Waals surface area contributed by atoms with Crippen LogP contribution in [0.5, 0.6) is 17.2 Å². The van der Waals surface area contributed by atoms with Gasteiger partial charge in [-0.15, -0.1) is 0 Å². The van der Waals surface area contributed by atoms with Crippen molar-refractivity contribution in [1.29, 1.82) is 0 Å². The molecule has 3 rings (SSSR count). The zero-order valence-electron chi connectivity index (χ0n) is 18.8. The molecule has 0 N–H and O–H groups in total. The summed E-state index contributed by atoms with van der Waals surface area (Å²) in [5.41, 5.74) is -0.0729. The van der Waals surface area contributed by atoms with Gasteiger partial charge in [-0.2, -0.15) is 0 Å². The monoisotopic (exact) mass is 480 g/mol. The number of ether oxygens (including phenoxy) is 3. The van der Waals surface area contributed by atoms with Gasteiger partial charge in [0.05, 0.1) is 31.4 Å². The Hall–Kier alpha value is -2.85. The standard InChI is InChI=1S/C23H28FNO7S/c1-30-19-13-16(14-20(31-2)21(19)32-3)22(26)25-11-10-23(15-25,9-6-12-33(27,28)29)17-7-4-5-8-18(17)24/h4-5,7-8,13-14H,6,9-12,15H2,1-3H3,(H,27,28,29)/p-1. The van der Waals surface area contributed by atoms with Crippen LogP contribution in [0.1, 0.15) is 35.2 Å². The molecule has 1 atom stereocenters. The van der Waals surface area contributed by atoms with E-state index in [9.17, 15) is 22.2 Å². The maximum Gasteiger partial charge on any atom is 0.254 e. The van der Waals surface area contributed by atoms with Crippen molar-refractivity contribution in [3.63, 3.8) is 0 Å². The maximum atomic E-state index is 14.7. The molecular weight excluding hydrogens is 453 g/mol. The minimum Gasteiger partial charge on any atom is -0.748 e. The van der Waals surface area contributed by atoms with Gasteiger partial charge in [-0.1, -0.05) is 18.2 Å². The van der Waals surface area contributed by atoms with Crippen LogP contribution < -0.4 is 14.2 Å². The molecule has 0 aromatic heterocycles. The highest BCUT2D eigenvalue weighted by molar-refractivity contribution is 7.85. The topological polar surface area (TPSA) is 105 Å². The fraction of sp³-hybridized carbons (Fsp3) is 0.435. The van der Waals surface area contributed by atoms with Gasteiger partial charge in [-0.25, -0.2) is 12.8 Å². The lowest BCUT2D eigenvalue weighted by Gasteiger charge is -2.31. The number of benzene rings is 2. The van der Waals surface area contributed by atoms with Gasteiger partial charge in [0.25, 0.3) is 5.91 Å². The van der Waals surface area contributed by atoms with Crippen LogP contribution >= 0.6 is 0 Å². The normalized spacial score (nSPS) is 18.3. The first-order chi connectivity index (χ1) is 15.6. The second-order valence-corrected chi connectivity index (χ2v) is 9.54. The molecule has 0 radical (unpaired) electrons. The fourth-order valence-electron chi connectivity index (χ4n) is 4.47. The number of hydrogen-bond acceptors (Lipinski definition) is 7. The molecular formula is C23H27FNO7S-. The number of methoxy groups -OCH3 is 3. The van der Waals surface area contributed by atoms with E-state index in [0.29, 0.717) is 41.3 Å². The number of halogens is 1. The Balaban J connectivity index is 1.92. The number of carbonyl (C=O) groups excluding carboxylic acids is 1. The van der Waals surface area contributed by atoms with Crippen molar-refractivity contribution < 1.29 is 36.4 Å². The lowest BCUT2D eigenvalue weighted by Crippen LogP contribution is -2.35. The third-order valence-corrected chi connectivity index (χ3v) is 6.84. The summed E-state index contributed by atoms with van der Waals surface area (Å²) in [5.74, 6) is -0.240. The number of carbonyl (C=O) groups is 1. The van der Waals surface area contributed by atoms with Gasteiger partial charge in [-0.05, 0) is 43.0 Å². The van der Waals surface area contributed by atoms with E-state index in [1.54, 1.807) is 35.2 Å². The molecule has 1 fully saturated rings. The summed E-state index contributed by atoms with van der Waals surface area (Å²) in [6.07, 6.45) is 0.768. The molecule has 0 saturated carbocycles. The average Bonchev–Trinajstić information content (AvgIpc) is 3.22. The molecule has 1 amide bonds. The van der Waals surface area contributed by atoms with Crippen molar-refractivity contribution in [2.75, 3.05) is 40.2 Å². The molecule has 0 aliphatic carbocycles. The summed E-state index contributed by atoms with van der Waals surface area (Å²) in [5, 5.41) is 0. The summed E-state index contributed by atoms with van der Waals surface area (Å²) >= 11 is 0. The van der Waals surface area contributed by atoms with Crippen LogP contribution in [0, 0.1) is 5.82 Å². The third-order valence-electron chi connectivity index (χ3n) is 6.05. The van der Waals surface area contributed by atoms with E-state index in [1.165, 1.54) is 27.4 Å². The van der Waals surface area contributed by atoms with Crippen molar-refractivity contribution in [3.05, 3.63) is 53.3 Å². The second-order valence-electron chi connectivity index (χ2n) is 8.02. The SMILES string of the molecule is COc1cc(C(=O)N2CCC(CCCS(=O)(=O)[O-])(c3ccccc3F)C2)cc(OC)c1OC. The Labute approximate surface area is 193 Å². The lowest BCUT2D eigenvalue weighted by molar-refractivity contribution is 0.0781. The molecule has 10 heteroatoms. The average molecular weight is 481 g/mol. The van der Waals surface area contributed by atoms with Crippen LogP contribution in [-0.4, -0.2) is 63.9 Å². The van der Waals surface area contributed by atoms with E-state index < -0.39 is 27.1 Å². The Morgan fingerprint density at radius 2 is 1.76 bits per heavy atom. The van der Waals surface area contributed by atoms with E-state index in [4.69, 9.17) is 14.2 Å². The first-order valence-corrected chi connectivity index (χ1v) is 12.0. The van der Waals surface area contributed by atoms with E-state index in [0.717, 1.165) is 0 Å². The summed E-state index contributed by atoms with van der Waals surface area (Å²) in [4.78, 5) is 15.0. The Morgan fingerprint density at radius 1 is 1.12 bits per heavy atom. The largest absolute Gasteiger partial charge is 0.748 e. The molecule has 1 saturated heterocycles. The van der Waals surface area contributed by atoms with Gasteiger partial charge < -0.3 is 23.7 Å². The van der Waals surface area contributed by atoms with Gasteiger partial charge in [0.15, 0.2) is 11.5 Å². The molecule has 33 heavy (non-hydrogen) atoms. The van der Waals surface area contributed by atoms with Crippen LogP contribution in [0.2, 0.25) is 0 Å². The van der Waals surface area contributed by atoms with Crippen LogP contribution in [-0.2, 0) is 15.5 Å². The van der Waals surface area contributed by atoms with Gasteiger partial charge in [0.1, 0.15) is 5.82 Å². The van der Waals surface area contributed by atoms with E-state index >= 15 is 0 Å². The van der Waals surface area contributed by atoms with Crippen LogP contribution in [0.3, 0.4) is 0 Å². The zero-order chi connectivity index (χ0) is 24.2. The number of rotatable bonds is 9. The number of nitrogens with zero attached hydrogens (tertiary/aromatic N) is 1. The summed E-state index contributed by atoms with van der Waals surface area (Å²) in [7, 11) is -0.0221. The highest BCUT2D eigenvalue weighted by Gasteiger charge is 2.42. The highest BCUT2D eigenvalue weighted by Crippen LogP contribution is 2.42. The Morgan fingerprint density at radius 3 is 2.30 bits per heavy atom. The van der Waals surface area contributed by atoms with E-state index in [2.05, 4.69) is 0 Å². The molecule has 0 bridgehead atoms. The van der Waals surface area contributed by atoms with Gasteiger partial charge in [0.2, 0.25) is 5.75 Å². The molecule has 1 unspecified atom stereocenters. The fourth-order valence-corrected chi connectivity index (χ4v) is 4.97. The van der Waals surface area contributed by atoms with Crippen molar-refractivity contribution in [2.24, 2.45) is 0 Å². The minimum atomic E-state index is -4.39. The third kappa shape index (κ3) is 5.39. The zero-order valence-corrected chi connectivity index (χ0v) is 19.6. The molecule has 1 heterocycles. The van der Waals surface area contributed by atoms with Gasteiger partial charge in [-0.3, -0.25) is 4.79 Å². The summed E-state index contributed by atoms with van der Waals surface area (Å²) < 4.78 is 64.1. The van der Waals surface area contributed by atoms with Gasteiger partial charge >= 0.3 is 0 Å². The molecule has 1 aliphatic rings. The molecule has 2 aromatic carbocycles. The van der Waals surface area contributed by atoms with Crippen LogP contribution in [0.15, 0.2) is 36.4 Å². The number of hydrogen-bond donors (Lipinski definition) is 0. The molecule has 2 aromatic rings. The first-order valence-electron chi connectivity index (χ1n) is 10.4. The summed E-state index contributed by atoms with van der Waals surface area (Å²) in [6.45, 7) is 0.524. The van der Waals surface area contributed by atoms with Crippen molar-refractivity contribution in [3.8, 4) is 17.2 Å². The predicted molar refractivity (Wildman–Crippen MR) is 118 cm³/mol. The maximum absolute atomic E-state index is 14.7. The lowest BCUT2D eigenvalue weighted by atomic mass is 9.76. The van der Waals surface area contributed by atoms with Gasteiger partial charge in [0, 0.05) is 29.8 Å². The van der Waals surface area contributed by atoms with Crippen LogP contribution in [0.4, 0.5) is 4.39 Å². The second kappa shape index (κ2) is 9.96. The Bertz CT molecular complexity index is 1100. The predicted octanol–water partition coefficient (Wildman–Crippen LogP) is 2.96. The first kappa shape index (κ1) is 24.8. The van der Waals surface area contributed by atoms with Crippen molar-refractivity contribution in [2.45, 2.75) is 24.7 Å². The number of amides is 1. The number of likely N-dealkylation sites (tertiary alicyclic amines) is 1. The smallest absolute Gasteiger partial charge is 0.254 e. The Kier molecular flexibility index (Phi) is 7.48. The van der Waals surface area contributed by atoms with Crippen molar-refractivity contribution in [1.82, 2.24) is 4.90 Å². The van der Waals surface area contributed by atoms with E-state index in [1.807, 2.05) is 0 Å². The molecule has 1 aliphatic heterocycles. The van der Waals surface area contributed by atoms with Crippen molar-refractivity contribution >= 4 is 16.0 Å². The molecule has 8 nitrogen and oxygen atoms in total. The molecule has 180 valence electrons. The molecule has 0 spiro atoms. The quantitative estimate of drug-likeness (QED) is 0.508.